The van der Waals surface area contributed by atoms with Gasteiger partial charge in [0.1, 0.15) is 0 Å². The molecule has 13 heteroatoms. The predicted octanol–water partition coefficient (Wildman–Crippen LogP) is 4.82. The maximum atomic E-state index is 12.7. The number of thioether (sulfide) groups is 1. The van der Waals surface area contributed by atoms with Gasteiger partial charge >= 0.3 is 0 Å². The largest absolute Gasteiger partial charge is 0.461 e. The molecule has 5 aromatic rings. The van der Waals surface area contributed by atoms with E-state index in [0.717, 1.165) is 11.3 Å². The number of anilines is 2. The van der Waals surface area contributed by atoms with E-state index in [1.54, 1.807) is 23.8 Å². The Bertz CT molecular complexity index is 1600. The van der Waals surface area contributed by atoms with Crippen molar-refractivity contribution < 1.29 is 17.6 Å². The molecule has 0 atom stereocenters. The van der Waals surface area contributed by atoms with Gasteiger partial charge in [-0.05, 0) is 55.5 Å². The first kappa shape index (κ1) is 24.7. The maximum absolute atomic E-state index is 12.7. The molecule has 0 unspecified atom stereocenters. The van der Waals surface area contributed by atoms with Gasteiger partial charge in [-0.2, -0.15) is 0 Å². The fourth-order valence-corrected chi connectivity index (χ4v) is 5.89. The van der Waals surface area contributed by atoms with Crippen LogP contribution in [0.15, 0.2) is 93.0 Å². The molecule has 0 aliphatic heterocycles. The summed E-state index contributed by atoms with van der Waals surface area (Å²) >= 11 is 2.41. The van der Waals surface area contributed by atoms with E-state index in [-0.39, 0.29) is 21.7 Å². The van der Waals surface area contributed by atoms with Crippen LogP contribution >= 0.6 is 23.1 Å². The van der Waals surface area contributed by atoms with Gasteiger partial charge in [0.05, 0.1) is 16.9 Å². The Morgan fingerprint density at radius 2 is 1.86 bits per heavy atom. The lowest BCUT2D eigenvalue weighted by atomic mass is 10.2. The fraction of sp³-hybridized carbons (Fsp3) is 0.0833. The Labute approximate surface area is 220 Å². The van der Waals surface area contributed by atoms with Crippen molar-refractivity contribution in [1.29, 1.82) is 0 Å². The third-order valence-corrected chi connectivity index (χ3v) is 8.20. The second-order valence-corrected chi connectivity index (χ2v) is 11.3. The van der Waals surface area contributed by atoms with Crippen LogP contribution in [0.3, 0.4) is 0 Å². The van der Waals surface area contributed by atoms with E-state index < -0.39 is 10.0 Å². The number of thiazole rings is 1. The number of amides is 1. The Kier molecular flexibility index (Phi) is 7.08. The van der Waals surface area contributed by atoms with Crippen molar-refractivity contribution in [3.63, 3.8) is 0 Å². The third-order valence-electron chi connectivity index (χ3n) is 5.10. The molecule has 3 aromatic heterocycles. The molecule has 2 N–H and O–H groups in total. The normalized spacial score (nSPS) is 11.4. The van der Waals surface area contributed by atoms with Crippen molar-refractivity contribution >= 4 is 49.8 Å². The van der Waals surface area contributed by atoms with Gasteiger partial charge in [-0.25, -0.2) is 13.4 Å². The van der Waals surface area contributed by atoms with Crippen molar-refractivity contribution in [2.24, 2.45) is 0 Å². The quantitative estimate of drug-likeness (QED) is 0.249. The monoisotopic (exact) mass is 552 g/mol. The number of aromatic nitrogens is 4. The zero-order valence-electron chi connectivity index (χ0n) is 19.4. The van der Waals surface area contributed by atoms with Crippen molar-refractivity contribution in [3.05, 3.63) is 84.1 Å². The van der Waals surface area contributed by atoms with Crippen LogP contribution in [0.1, 0.15) is 5.56 Å². The second kappa shape index (κ2) is 10.6. The molecule has 0 radical (unpaired) electrons. The molecular weight excluding hydrogens is 533 g/mol. The molecule has 1 amide bonds. The lowest BCUT2D eigenvalue weighted by molar-refractivity contribution is -0.113. The molecule has 3 heterocycles. The van der Waals surface area contributed by atoms with Crippen molar-refractivity contribution in [3.8, 4) is 17.3 Å². The molecule has 2 aromatic carbocycles. The minimum Gasteiger partial charge on any atom is -0.461 e. The number of rotatable bonds is 9. The smallest absolute Gasteiger partial charge is 0.263 e. The van der Waals surface area contributed by atoms with Gasteiger partial charge in [-0.15, -0.1) is 21.5 Å². The first-order chi connectivity index (χ1) is 17.9. The summed E-state index contributed by atoms with van der Waals surface area (Å²) in [6, 6.07) is 17.3. The first-order valence-corrected chi connectivity index (χ1v) is 14.3. The van der Waals surface area contributed by atoms with E-state index in [4.69, 9.17) is 4.42 Å². The first-order valence-electron chi connectivity index (χ1n) is 10.9. The summed E-state index contributed by atoms with van der Waals surface area (Å²) in [4.78, 5) is 16.7. The summed E-state index contributed by atoms with van der Waals surface area (Å²) in [6.07, 6.45) is 3.08. The van der Waals surface area contributed by atoms with Crippen LogP contribution in [-0.4, -0.2) is 39.8 Å². The average molecular weight is 553 g/mol. The molecule has 0 saturated carbocycles. The Morgan fingerprint density at radius 1 is 1.08 bits per heavy atom. The topological polar surface area (TPSA) is 132 Å². The van der Waals surface area contributed by atoms with E-state index >= 15 is 0 Å². The van der Waals surface area contributed by atoms with Gasteiger partial charge in [0, 0.05) is 23.0 Å². The van der Waals surface area contributed by atoms with E-state index in [2.05, 4.69) is 25.2 Å². The number of carbonyl (C=O) groups excluding carboxylic acids is 1. The van der Waals surface area contributed by atoms with Crippen LogP contribution in [0.2, 0.25) is 0 Å². The molecule has 0 spiro atoms. The van der Waals surface area contributed by atoms with E-state index in [1.807, 2.05) is 35.8 Å². The molecule has 5 rings (SSSR count). The highest BCUT2D eigenvalue weighted by Crippen LogP contribution is 2.28. The number of carbonyl (C=O) groups is 1. The van der Waals surface area contributed by atoms with Crippen LogP contribution in [0, 0.1) is 6.92 Å². The van der Waals surface area contributed by atoms with Crippen LogP contribution in [0.25, 0.3) is 17.3 Å². The lowest BCUT2D eigenvalue weighted by Gasteiger charge is -2.10. The number of benzene rings is 2. The fourth-order valence-electron chi connectivity index (χ4n) is 3.35. The molecule has 10 nitrogen and oxygen atoms in total. The molecule has 0 aliphatic rings. The Morgan fingerprint density at radius 3 is 2.54 bits per heavy atom. The van der Waals surface area contributed by atoms with Gasteiger partial charge in [0.15, 0.2) is 16.0 Å². The number of sulfonamides is 1. The van der Waals surface area contributed by atoms with E-state index in [1.165, 1.54) is 53.6 Å². The molecular formula is C24H20N6O4S3. The summed E-state index contributed by atoms with van der Waals surface area (Å²) in [6.45, 7) is 2.00. The molecule has 0 fully saturated rings. The number of furan rings is 1. The van der Waals surface area contributed by atoms with Crippen LogP contribution < -0.4 is 10.0 Å². The van der Waals surface area contributed by atoms with Crippen LogP contribution in [0.4, 0.5) is 10.8 Å². The number of nitrogens with one attached hydrogen (secondary N) is 2. The molecule has 0 saturated heterocycles. The summed E-state index contributed by atoms with van der Waals surface area (Å²) in [5.74, 6) is 0.872. The van der Waals surface area contributed by atoms with Crippen molar-refractivity contribution in [2.75, 3.05) is 15.8 Å². The van der Waals surface area contributed by atoms with Gasteiger partial charge < -0.3 is 9.73 Å². The molecule has 0 aliphatic carbocycles. The lowest BCUT2D eigenvalue weighted by Crippen LogP contribution is -2.15. The summed E-state index contributed by atoms with van der Waals surface area (Å²) in [7, 11) is -3.77. The highest BCUT2D eigenvalue weighted by Gasteiger charge is 2.19. The summed E-state index contributed by atoms with van der Waals surface area (Å²) in [5, 5.41) is 13.8. The average Bonchev–Trinajstić information content (AvgIpc) is 3.65. The van der Waals surface area contributed by atoms with Crippen LogP contribution in [0.5, 0.6) is 0 Å². The third kappa shape index (κ3) is 5.74. The zero-order valence-corrected chi connectivity index (χ0v) is 21.8. The second-order valence-electron chi connectivity index (χ2n) is 7.76. The highest BCUT2D eigenvalue weighted by atomic mass is 32.2. The summed E-state index contributed by atoms with van der Waals surface area (Å²) < 4.78 is 34.8. The van der Waals surface area contributed by atoms with E-state index in [0.29, 0.717) is 22.4 Å². The minimum absolute atomic E-state index is 0.0618. The van der Waals surface area contributed by atoms with Crippen molar-refractivity contribution in [1.82, 2.24) is 19.7 Å². The molecule has 0 bridgehead atoms. The Balaban J connectivity index is 1.27. The highest BCUT2D eigenvalue weighted by molar-refractivity contribution is 7.99. The molecule has 188 valence electrons. The summed E-state index contributed by atoms with van der Waals surface area (Å²) in [5.41, 5.74) is 2.42. The van der Waals surface area contributed by atoms with Gasteiger partial charge in [-0.3, -0.25) is 14.1 Å². The SMILES string of the molecule is Cc1ccc(-n2c(SCC(=O)Nc3ccc(S(=O)(=O)Nc4nccs4)cc3)nnc2-c2ccco2)cc1. The number of aryl methyl sites for hydroxylation is 1. The van der Waals surface area contributed by atoms with E-state index in [9.17, 15) is 13.2 Å². The minimum atomic E-state index is -3.77. The van der Waals surface area contributed by atoms with Crippen LogP contribution in [-0.2, 0) is 14.8 Å². The van der Waals surface area contributed by atoms with Gasteiger partial charge in [0.2, 0.25) is 11.7 Å². The van der Waals surface area contributed by atoms with Gasteiger partial charge in [0.25, 0.3) is 10.0 Å². The zero-order chi connectivity index (χ0) is 25.8. The number of hydrogen-bond acceptors (Lipinski definition) is 9. The predicted molar refractivity (Wildman–Crippen MR) is 143 cm³/mol. The standard InChI is InChI=1S/C24H20N6O4S3/c1-16-4-8-18(9-5-16)30-22(20-3-2-13-34-20)27-28-24(30)36-15-21(31)26-17-6-10-19(11-7-17)37(32,33)29-23-25-12-14-35-23/h2-14H,15H2,1H3,(H,25,29)(H,26,31). The Hall–Kier alpha value is -3.94. The maximum Gasteiger partial charge on any atom is 0.263 e. The van der Waals surface area contributed by atoms with Crippen molar-refractivity contribution in [2.45, 2.75) is 17.0 Å². The van der Waals surface area contributed by atoms with Gasteiger partial charge in [-0.1, -0.05) is 29.5 Å². The number of hydrogen-bond donors (Lipinski definition) is 2. The molecule has 37 heavy (non-hydrogen) atoms. The number of nitrogens with zero attached hydrogens (tertiary/aromatic N) is 4.